The van der Waals surface area contributed by atoms with Gasteiger partial charge in [-0.25, -0.2) is 9.97 Å². The lowest BCUT2D eigenvalue weighted by molar-refractivity contribution is 0.0985. The van der Waals surface area contributed by atoms with Gasteiger partial charge in [0.2, 0.25) is 0 Å². The molecule has 0 saturated heterocycles. The lowest BCUT2D eigenvalue weighted by atomic mass is 10.2. The molecule has 0 spiro atoms. The number of hydrogen-bond donors (Lipinski definition) is 0. The average molecular weight is 427 g/mol. The Morgan fingerprint density at radius 1 is 1.17 bits per heavy atom. The number of amides is 1. The van der Waals surface area contributed by atoms with Crippen molar-refractivity contribution in [3.05, 3.63) is 47.0 Å². The summed E-state index contributed by atoms with van der Waals surface area (Å²) >= 11 is 3.06. The molecule has 0 aliphatic rings. The van der Waals surface area contributed by atoms with Crippen LogP contribution < -0.4 is 9.64 Å². The van der Waals surface area contributed by atoms with Crippen LogP contribution in [0.1, 0.15) is 15.9 Å². The minimum absolute atomic E-state index is 0.0576. The number of rotatable bonds is 6. The Kier molecular flexibility index (Phi) is 5.49. The Balaban J connectivity index is 1.78. The standard InChI is InChI=1S/C21H22N4O2S2/c1-13-5-8-16(27-4)18-19(13)29-21(23-18)25(10-9-24(2)3)20(26)14-6-7-15-17(11-14)28-12-22-15/h5-8,11-12H,9-10H2,1-4H3. The first-order chi connectivity index (χ1) is 14.0. The third-order valence-electron chi connectivity index (χ3n) is 4.74. The summed E-state index contributed by atoms with van der Waals surface area (Å²) in [6, 6.07) is 9.59. The molecule has 0 radical (unpaired) electrons. The second-order valence-electron chi connectivity index (χ2n) is 7.05. The first kappa shape index (κ1) is 19.8. The summed E-state index contributed by atoms with van der Waals surface area (Å²) in [6.45, 7) is 3.34. The molecule has 4 rings (SSSR count). The van der Waals surface area contributed by atoms with E-state index in [0.717, 1.165) is 38.3 Å². The van der Waals surface area contributed by atoms with E-state index in [4.69, 9.17) is 9.72 Å². The van der Waals surface area contributed by atoms with Crippen LogP contribution in [0.25, 0.3) is 20.4 Å². The number of fused-ring (bicyclic) bond motifs is 2. The van der Waals surface area contributed by atoms with E-state index in [1.165, 1.54) is 22.7 Å². The SMILES string of the molecule is COc1ccc(C)c2sc(N(CCN(C)C)C(=O)c3ccc4ncsc4c3)nc12. The molecule has 0 bridgehead atoms. The number of methoxy groups -OCH3 is 1. The number of carbonyl (C=O) groups excluding carboxylic acids is 1. The van der Waals surface area contributed by atoms with Gasteiger partial charge in [0.25, 0.3) is 5.91 Å². The van der Waals surface area contributed by atoms with E-state index < -0.39 is 0 Å². The second-order valence-corrected chi connectivity index (χ2v) is 8.92. The third-order valence-corrected chi connectivity index (χ3v) is 6.74. The highest BCUT2D eigenvalue weighted by Crippen LogP contribution is 2.37. The number of thiazole rings is 2. The normalized spacial score (nSPS) is 11.5. The molecule has 2 aromatic carbocycles. The quantitative estimate of drug-likeness (QED) is 0.456. The summed E-state index contributed by atoms with van der Waals surface area (Å²) < 4.78 is 7.53. The topological polar surface area (TPSA) is 58.6 Å². The van der Waals surface area contributed by atoms with Crippen LogP contribution in [-0.2, 0) is 0 Å². The zero-order valence-corrected chi connectivity index (χ0v) is 18.4. The van der Waals surface area contributed by atoms with Crippen LogP contribution in [0.3, 0.4) is 0 Å². The number of likely N-dealkylation sites (N-methyl/N-ethyl adjacent to an activating group) is 1. The lowest BCUT2D eigenvalue weighted by Crippen LogP contribution is -2.36. The Morgan fingerprint density at radius 2 is 2.00 bits per heavy atom. The van der Waals surface area contributed by atoms with Gasteiger partial charge in [-0.1, -0.05) is 17.4 Å². The van der Waals surface area contributed by atoms with E-state index in [1.807, 2.05) is 51.4 Å². The van der Waals surface area contributed by atoms with Crippen LogP contribution in [0, 0.1) is 6.92 Å². The maximum atomic E-state index is 13.5. The van der Waals surface area contributed by atoms with Crippen LogP contribution >= 0.6 is 22.7 Å². The van der Waals surface area contributed by atoms with Crippen molar-refractivity contribution in [1.82, 2.24) is 14.9 Å². The van der Waals surface area contributed by atoms with E-state index in [9.17, 15) is 4.79 Å². The van der Waals surface area contributed by atoms with Gasteiger partial charge in [-0.2, -0.15) is 0 Å². The smallest absolute Gasteiger partial charge is 0.260 e. The van der Waals surface area contributed by atoms with Gasteiger partial charge in [0, 0.05) is 18.7 Å². The first-order valence-corrected chi connectivity index (χ1v) is 10.9. The number of hydrogen-bond acceptors (Lipinski definition) is 7. The van der Waals surface area contributed by atoms with E-state index in [1.54, 1.807) is 17.5 Å². The number of carbonyl (C=O) groups is 1. The van der Waals surface area contributed by atoms with Gasteiger partial charge in [0.05, 0.1) is 27.5 Å². The molecule has 0 aliphatic carbocycles. The summed E-state index contributed by atoms with van der Waals surface area (Å²) in [4.78, 5) is 26.4. The van der Waals surface area contributed by atoms with E-state index in [2.05, 4.69) is 9.88 Å². The lowest BCUT2D eigenvalue weighted by Gasteiger charge is -2.22. The third kappa shape index (κ3) is 3.83. The minimum Gasteiger partial charge on any atom is -0.494 e. The summed E-state index contributed by atoms with van der Waals surface area (Å²) in [6.07, 6.45) is 0. The predicted molar refractivity (Wildman–Crippen MR) is 121 cm³/mol. The Hall–Kier alpha value is -2.55. The molecule has 0 fully saturated rings. The maximum absolute atomic E-state index is 13.5. The molecule has 0 N–H and O–H groups in total. The highest BCUT2D eigenvalue weighted by Gasteiger charge is 2.23. The molecule has 2 aromatic heterocycles. The average Bonchev–Trinajstić information content (AvgIpc) is 3.35. The van der Waals surface area contributed by atoms with Crippen molar-refractivity contribution in [2.75, 3.05) is 39.2 Å². The molecule has 0 saturated carbocycles. The largest absolute Gasteiger partial charge is 0.494 e. The van der Waals surface area contributed by atoms with Gasteiger partial charge in [-0.3, -0.25) is 9.69 Å². The van der Waals surface area contributed by atoms with Crippen molar-refractivity contribution < 1.29 is 9.53 Å². The Bertz CT molecular complexity index is 1180. The van der Waals surface area contributed by atoms with Gasteiger partial charge >= 0.3 is 0 Å². The van der Waals surface area contributed by atoms with Gasteiger partial charge in [0.15, 0.2) is 5.13 Å². The first-order valence-electron chi connectivity index (χ1n) is 9.22. The van der Waals surface area contributed by atoms with Crippen LogP contribution in [0.5, 0.6) is 5.75 Å². The number of ether oxygens (including phenoxy) is 1. The fourth-order valence-corrected chi connectivity index (χ4v) is 4.90. The van der Waals surface area contributed by atoms with Crippen LogP contribution in [0.2, 0.25) is 0 Å². The van der Waals surface area contributed by atoms with Gasteiger partial charge in [-0.05, 0) is 50.8 Å². The second kappa shape index (κ2) is 8.06. The van der Waals surface area contributed by atoms with Crippen molar-refractivity contribution in [1.29, 1.82) is 0 Å². The summed E-state index contributed by atoms with van der Waals surface area (Å²) in [5.41, 5.74) is 5.27. The van der Waals surface area contributed by atoms with Gasteiger partial charge in [-0.15, -0.1) is 11.3 Å². The highest BCUT2D eigenvalue weighted by molar-refractivity contribution is 7.22. The fraction of sp³-hybridized carbons (Fsp3) is 0.286. The summed E-state index contributed by atoms with van der Waals surface area (Å²) in [5.74, 6) is 0.664. The van der Waals surface area contributed by atoms with Crippen molar-refractivity contribution in [2.45, 2.75) is 6.92 Å². The molecule has 0 aliphatic heterocycles. The van der Waals surface area contributed by atoms with Crippen molar-refractivity contribution in [2.24, 2.45) is 0 Å². The van der Waals surface area contributed by atoms with Gasteiger partial charge in [0.1, 0.15) is 11.3 Å². The number of benzene rings is 2. The maximum Gasteiger partial charge on any atom is 0.260 e. The predicted octanol–water partition coefficient (Wildman–Crippen LogP) is 4.43. The number of aryl methyl sites for hydroxylation is 1. The van der Waals surface area contributed by atoms with Crippen molar-refractivity contribution in [3.8, 4) is 5.75 Å². The highest BCUT2D eigenvalue weighted by atomic mass is 32.1. The van der Waals surface area contributed by atoms with E-state index in [-0.39, 0.29) is 5.91 Å². The summed E-state index contributed by atoms with van der Waals surface area (Å²) in [5, 5.41) is 0.684. The molecule has 2 heterocycles. The number of aromatic nitrogens is 2. The molecule has 4 aromatic rings. The summed E-state index contributed by atoms with van der Waals surface area (Å²) in [7, 11) is 5.64. The van der Waals surface area contributed by atoms with E-state index in [0.29, 0.717) is 17.2 Å². The van der Waals surface area contributed by atoms with Crippen LogP contribution in [0.15, 0.2) is 35.8 Å². The molecule has 0 unspecified atom stereocenters. The van der Waals surface area contributed by atoms with Crippen LogP contribution in [-0.4, -0.2) is 55.1 Å². The zero-order chi connectivity index (χ0) is 20.5. The molecular formula is C21H22N4O2S2. The molecular weight excluding hydrogens is 404 g/mol. The monoisotopic (exact) mass is 426 g/mol. The Labute approximate surface area is 177 Å². The molecule has 6 nitrogen and oxygen atoms in total. The Morgan fingerprint density at radius 3 is 2.76 bits per heavy atom. The van der Waals surface area contributed by atoms with E-state index >= 15 is 0 Å². The van der Waals surface area contributed by atoms with Crippen molar-refractivity contribution in [3.63, 3.8) is 0 Å². The molecule has 1 amide bonds. The number of nitrogens with zero attached hydrogens (tertiary/aromatic N) is 4. The van der Waals surface area contributed by atoms with Crippen molar-refractivity contribution >= 4 is 54.1 Å². The fourth-order valence-electron chi connectivity index (χ4n) is 3.11. The molecule has 150 valence electrons. The minimum atomic E-state index is -0.0576. The zero-order valence-electron chi connectivity index (χ0n) is 16.8. The molecule has 8 heteroatoms. The molecule has 29 heavy (non-hydrogen) atoms. The van der Waals surface area contributed by atoms with Crippen LogP contribution in [0.4, 0.5) is 5.13 Å². The van der Waals surface area contributed by atoms with Gasteiger partial charge < -0.3 is 9.64 Å². The molecule has 0 atom stereocenters. The number of anilines is 1.